The minimum atomic E-state index is -0.885. The molecule has 66 valence electrons. The van der Waals surface area contributed by atoms with Gasteiger partial charge in [0.2, 0.25) is 0 Å². The first kappa shape index (κ1) is 9.45. The monoisotopic (exact) mass is 236 g/mol. The maximum atomic E-state index is 12.9. The van der Waals surface area contributed by atoms with E-state index in [9.17, 15) is 8.78 Å². The highest BCUT2D eigenvalue weighted by Gasteiger charge is 2.09. The van der Waals surface area contributed by atoms with Gasteiger partial charge in [0.1, 0.15) is 5.75 Å². The normalized spacial score (nSPS) is 10.0. The number of rotatable bonds is 2. The topological polar surface area (TPSA) is 9.23 Å². The van der Waals surface area contributed by atoms with Crippen molar-refractivity contribution in [3.8, 4) is 5.75 Å². The van der Waals surface area contributed by atoms with Gasteiger partial charge in [0.25, 0.3) is 0 Å². The second kappa shape index (κ2) is 3.85. The number of hydrogen-bond acceptors (Lipinski definition) is 1. The molecule has 0 aliphatic carbocycles. The fourth-order valence-corrected chi connectivity index (χ4v) is 1.24. The minimum Gasteiger partial charge on any atom is -0.497 e. The SMILES string of the molecule is COc1cc(F)c(F)c(CBr)c1. The largest absolute Gasteiger partial charge is 0.497 e. The van der Waals surface area contributed by atoms with Crippen molar-refractivity contribution in [2.75, 3.05) is 7.11 Å². The number of hydrogen-bond donors (Lipinski definition) is 0. The van der Waals surface area contributed by atoms with Crippen molar-refractivity contribution in [3.05, 3.63) is 29.3 Å². The van der Waals surface area contributed by atoms with E-state index in [0.717, 1.165) is 6.07 Å². The summed E-state index contributed by atoms with van der Waals surface area (Å²) in [6.07, 6.45) is 0. The van der Waals surface area contributed by atoms with Crippen LogP contribution in [0.25, 0.3) is 0 Å². The van der Waals surface area contributed by atoms with Crippen LogP contribution in [-0.4, -0.2) is 7.11 Å². The van der Waals surface area contributed by atoms with Gasteiger partial charge in [0.05, 0.1) is 7.11 Å². The highest BCUT2D eigenvalue weighted by molar-refractivity contribution is 9.08. The summed E-state index contributed by atoms with van der Waals surface area (Å²) in [5.74, 6) is -1.39. The third kappa shape index (κ3) is 1.75. The van der Waals surface area contributed by atoms with Gasteiger partial charge >= 0.3 is 0 Å². The molecule has 1 aromatic rings. The molecule has 0 saturated heterocycles. The third-order valence-electron chi connectivity index (χ3n) is 1.46. The molecule has 0 saturated carbocycles. The molecule has 1 nitrogen and oxygen atoms in total. The van der Waals surface area contributed by atoms with Gasteiger partial charge in [-0.3, -0.25) is 0 Å². The Morgan fingerprint density at radius 2 is 2.08 bits per heavy atom. The fourth-order valence-electron chi connectivity index (χ4n) is 0.833. The zero-order chi connectivity index (χ0) is 9.14. The Labute approximate surface area is 77.5 Å². The second-order valence-electron chi connectivity index (χ2n) is 2.22. The molecule has 0 aromatic heterocycles. The van der Waals surface area contributed by atoms with Crippen LogP contribution in [0.3, 0.4) is 0 Å². The summed E-state index contributed by atoms with van der Waals surface area (Å²) in [5.41, 5.74) is 0.256. The van der Waals surface area contributed by atoms with Crippen LogP contribution in [-0.2, 0) is 5.33 Å². The van der Waals surface area contributed by atoms with Gasteiger partial charge < -0.3 is 4.74 Å². The van der Waals surface area contributed by atoms with Gasteiger partial charge in [-0.15, -0.1) is 0 Å². The first-order valence-electron chi connectivity index (χ1n) is 3.27. The van der Waals surface area contributed by atoms with E-state index < -0.39 is 11.6 Å². The van der Waals surface area contributed by atoms with E-state index in [1.165, 1.54) is 13.2 Å². The molecule has 1 aromatic carbocycles. The average molecular weight is 237 g/mol. The quantitative estimate of drug-likeness (QED) is 0.718. The van der Waals surface area contributed by atoms with Crippen molar-refractivity contribution in [2.24, 2.45) is 0 Å². The molecular formula is C8H7BrF2O. The number of methoxy groups -OCH3 is 1. The van der Waals surface area contributed by atoms with Crippen LogP contribution in [0.15, 0.2) is 12.1 Å². The molecule has 0 atom stereocenters. The van der Waals surface area contributed by atoms with Gasteiger partial charge in [-0.05, 0) is 6.07 Å². The lowest BCUT2D eigenvalue weighted by Gasteiger charge is -2.03. The number of alkyl halides is 1. The van der Waals surface area contributed by atoms with Crippen molar-refractivity contribution in [1.82, 2.24) is 0 Å². The molecule has 0 unspecified atom stereocenters. The summed E-state index contributed by atoms with van der Waals surface area (Å²) >= 11 is 3.04. The predicted octanol–water partition coefficient (Wildman–Crippen LogP) is 2.87. The lowest BCUT2D eigenvalue weighted by Crippen LogP contribution is -1.93. The summed E-state index contributed by atoms with van der Waals surface area (Å²) in [6, 6.07) is 2.47. The maximum Gasteiger partial charge on any atom is 0.163 e. The smallest absolute Gasteiger partial charge is 0.163 e. The summed E-state index contributed by atoms with van der Waals surface area (Å²) in [7, 11) is 1.41. The first-order valence-corrected chi connectivity index (χ1v) is 4.39. The zero-order valence-corrected chi connectivity index (χ0v) is 7.99. The summed E-state index contributed by atoms with van der Waals surface area (Å²) < 4.78 is 30.4. The Bertz CT molecular complexity index is 289. The van der Waals surface area contributed by atoms with Crippen molar-refractivity contribution in [3.63, 3.8) is 0 Å². The molecule has 0 N–H and O–H groups in total. The van der Waals surface area contributed by atoms with E-state index in [-0.39, 0.29) is 10.9 Å². The van der Waals surface area contributed by atoms with E-state index in [1.54, 1.807) is 0 Å². The summed E-state index contributed by atoms with van der Waals surface area (Å²) in [6.45, 7) is 0. The van der Waals surface area contributed by atoms with Gasteiger partial charge in [-0.2, -0.15) is 0 Å². The van der Waals surface area contributed by atoms with Crippen LogP contribution in [0.2, 0.25) is 0 Å². The van der Waals surface area contributed by atoms with Gasteiger partial charge in [-0.25, -0.2) is 8.78 Å². The molecule has 4 heteroatoms. The molecule has 1 rings (SSSR count). The van der Waals surface area contributed by atoms with Crippen molar-refractivity contribution in [1.29, 1.82) is 0 Å². The lowest BCUT2D eigenvalue weighted by molar-refractivity contribution is 0.405. The summed E-state index contributed by atoms with van der Waals surface area (Å²) in [5, 5.41) is 0.271. The number of halogens is 3. The second-order valence-corrected chi connectivity index (χ2v) is 2.78. The van der Waals surface area contributed by atoms with Crippen LogP contribution in [0.4, 0.5) is 8.78 Å². The van der Waals surface area contributed by atoms with Gasteiger partial charge in [0.15, 0.2) is 11.6 Å². The third-order valence-corrected chi connectivity index (χ3v) is 2.06. The predicted molar refractivity (Wildman–Crippen MR) is 45.5 cm³/mol. The van der Waals surface area contributed by atoms with Crippen molar-refractivity contribution < 1.29 is 13.5 Å². The molecule has 0 fully saturated rings. The van der Waals surface area contributed by atoms with E-state index in [4.69, 9.17) is 4.74 Å². The Balaban J connectivity index is 3.19. The highest BCUT2D eigenvalue weighted by atomic mass is 79.9. The molecule has 0 radical (unpaired) electrons. The van der Waals surface area contributed by atoms with Crippen molar-refractivity contribution in [2.45, 2.75) is 5.33 Å². The zero-order valence-electron chi connectivity index (χ0n) is 6.40. The van der Waals surface area contributed by atoms with E-state index in [1.807, 2.05) is 0 Å². The molecule has 0 heterocycles. The molecule has 12 heavy (non-hydrogen) atoms. The van der Waals surface area contributed by atoms with E-state index in [2.05, 4.69) is 15.9 Å². The number of benzene rings is 1. The highest BCUT2D eigenvalue weighted by Crippen LogP contribution is 2.21. The molecule has 0 aliphatic heterocycles. The standard InChI is InChI=1S/C8H7BrF2O/c1-12-6-2-5(4-9)8(11)7(10)3-6/h2-3H,4H2,1H3. The number of ether oxygens (including phenoxy) is 1. The molecule has 0 bridgehead atoms. The van der Waals surface area contributed by atoms with Gasteiger partial charge in [-0.1, -0.05) is 15.9 Å². The van der Waals surface area contributed by atoms with E-state index >= 15 is 0 Å². The van der Waals surface area contributed by atoms with Crippen LogP contribution in [0.1, 0.15) is 5.56 Å². The molecule has 0 spiro atoms. The Kier molecular flexibility index (Phi) is 3.03. The molecule has 0 aliphatic rings. The lowest BCUT2D eigenvalue weighted by atomic mass is 10.2. The Morgan fingerprint density at radius 3 is 2.58 bits per heavy atom. The Hall–Kier alpha value is -0.640. The first-order chi connectivity index (χ1) is 5.69. The Morgan fingerprint density at radius 1 is 1.42 bits per heavy atom. The van der Waals surface area contributed by atoms with Gasteiger partial charge in [0, 0.05) is 17.0 Å². The van der Waals surface area contributed by atoms with Crippen molar-refractivity contribution >= 4 is 15.9 Å². The average Bonchev–Trinajstić information content (AvgIpc) is 2.09. The maximum absolute atomic E-state index is 12.9. The summed E-state index contributed by atoms with van der Waals surface area (Å²) in [4.78, 5) is 0. The van der Waals surface area contributed by atoms with Crippen LogP contribution >= 0.6 is 15.9 Å². The molecular weight excluding hydrogens is 230 g/mol. The van der Waals surface area contributed by atoms with Crippen LogP contribution in [0, 0.1) is 11.6 Å². The van der Waals surface area contributed by atoms with Crippen LogP contribution in [0.5, 0.6) is 5.75 Å². The minimum absolute atomic E-state index is 0.256. The van der Waals surface area contributed by atoms with Crippen LogP contribution < -0.4 is 4.74 Å². The van der Waals surface area contributed by atoms with E-state index in [0.29, 0.717) is 5.75 Å². The fraction of sp³-hybridized carbons (Fsp3) is 0.250. The molecule has 0 amide bonds.